The predicted octanol–water partition coefficient (Wildman–Crippen LogP) is 3.10. The van der Waals surface area contributed by atoms with Gasteiger partial charge in [0, 0.05) is 5.56 Å². The van der Waals surface area contributed by atoms with E-state index in [0.29, 0.717) is 10.0 Å². The molecule has 0 atom stereocenters. The molecular formula is C9H6BrFO2. The average Bonchev–Trinajstić information content (AvgIpc) is 2.62. The normalized spacial score (nSPS) is 15.5. The topological polar surface area (TPSA) is 18.5 Å². The highest BCUT2D eigenvalue weighted by Crippen LogP contribution is 2.31. The summed E-state index contributed by atoms with van der Waals surface area (Å²) in [5.41, 5.74) is 0.644. The van der Waals surface area contributed by atoms with E-state index in [1.54, 1.807) is 12.1 Å². The Morgan fingerprint density at radius 2 is 1.92 bits per heavy atom. The maximum Gasteiger partial charge on any atom is 0.267 e. The fraction of sp³-hybridized carbons (Fsp3) is 0.111. The molecule has 0 N–H and O–H groups in total. The molecule has 0 aliphatic carbocycles. The van der Waals surface area contributed by atoms with Crippen LogP contribution in [0.3, 0.4) is 0 Å². The molecule has 68 valence electrons. The standard InChI is InChI=1S/C9H6BrFO2/c10-8-6(2-1-3-7(8)11)9-12-4-5-13-9/h1-5,9H. The van der Waals surface area contributed by atoms with Gasteiger partial charge >= 0.3 is 0 Å². The van der Waals surface area contributed by atoms with Gasteiger partial charge in [0.2, 0.25) is 0 Å². The fourth-order valence-corrected chi connectivity index (χ4v) is 1.54. The van der Waals surface area contributed by atoms with Crippen molar-refractivity contribution in [1.82, 2.24) is 0 Å². The van der Waals surface area contributed by atoms with Crippen LogP contribution in [-0.2, 0) is 9.47 Å². The first-order chi connectivity index (χ1) is 6.29. The molecule has 1 aromatic carbocycles. The predicted molar refractivity (Wildman–Crippen MR) is 48.2 cm³/mol. The van der Waals surface area contributed by atoms with E-state index in [4.69, 9.17) is 9.47 Å². The molecule has 1 heterocycles. The van der Waals surface area contributed by atoms with Crippen LogP contribution < -0.4 is 0 Å². The monoisotopic (exact) mass is 244 g/mol. The van der Waals surface area contributed by atoms with E-state index in [0.717, 1.165) is 0 Å². The van der Waals surface area contributed by atoms with Crippen molar-refractivity contribution in [3.8, 4) is 0 Å². The van der Waals surface area contributed by atoms with Crippen molar-refractivity contribution in [2.45, 2.75) is 6.29 Å². The summed E-state index contributed by atoms with van der Waals surface area (Å²) in [5.74, 6) is -0.323. The lowest BCUT2D eigenvalue weighted by Crippen LogP contribution is -1.99. The van der Waals surface area contributed by atoms with E-state index in [2.05, 4.69) is 15.9 Å². The van der Waals surface area contributed by atoms with Gasteiger partial charge in [0.05, 0.1) is 4.47 Å². The zero-order chi connectivity index (χ0) is 9.26. The molecule has 1 aromatic rings. The van der Waals surface area contributed by atoms with Crippen molar-refractivity contribution < 1.29 is 13.9 Å². The van der Waals surface area contributed by atoms with Crippen LogP contribution in [0.4, 0.5) is 4.39 Å². The first-order valence-corrected chi connectivity index (χ1v) is 4.48. The Balaban J connectivity index is 2.34. The van der Waals surface area contributed by atoms with Crippen molar-refractivity contribution in [1.29, 1.82) is 0 Å². The van der Waals surface area contributed by atoms with Gasteiger partial charge in [-0.25, -0.2) is 4.39 Å². The highest BCUT2D eigenvalue weighted by atomic mass is 79.9. The summed E-state index contributed by atoms with van der Waals surface area (Å²) >= 11 is 3.13. The second-order valence-corrected chi connectivity index (χ2v) is 3.31. The van der Waals surface area contributed by atoms with E-state index < -0.39 is 6.29 Å². The van der Waals surface area contributed by atoms with Gasteiger partial charge in [0.15, 0.2) is 0 Å². The van der Waals surface area contributed by atoms with Crippen LogP contribution in [0.2, 0.25) is 0 Å². The van der Waals surface area contributed by atoms with Gasteiger partial charge in [0.25, 0.3) is 6.29 Å². The Morgan fingerprint density at radius 3 is 2.62 bits per heavy atom. The van der Waals surface area contributed by atoms with Gasteiger partial charge in [-0.15, -0.1) is 0 Å². The van der Waals surface area contributed by atoms with Crippen molar-refractivity contribution >= 4 is 15.9 Å². The number of hydrogen-bond donors (Lipinski definition) is 0. The lowest BCUT2D eigenvalue weighted by Gasteiger charge is -2.12. The van der Waals surface area contributed by atoms with Gasteiger partial charge in [-0.2, -0.15) is 0 Å². The minimum atomic E-state index is -0.537. The van der Waals surface area contributed by atoms with Crippen molar-refractivity contribution in [2.24, 2.45) is 0 Å². The summed E-state index contributed by atoms with van der Waals surface area (Å²) < 4.78 is 23.6. The Morgan fingerprint density at radius 1 is 1.23 bits per heavy atom. The summed E-state index contributed by atoms with van der Waals surface area (Å²) in [5, 5.41) is 0. The van der Waals surface area contributed by atoms with E-state index in [1.807, 2.05) is 0 Å². The van der Waals surface area contributed by atoms with E-state index in [1.165, 1.54) is 18.6 Å². The maximum absolute atomic E-state index is 13.1. The molecule has 0 spiro atoms. The van der Waals surface area contributed by atoms with Crippen molar-refractivity contribution in [3.05, 3.63) is 46.6 Å². The SMILES string of the molecule is Fc1cccc(C2OC=CO2)c1Br. The van der Waals surface area contributed by atoms with Crippen LogP contribution in [0.1, 0.15) is 11.9 Å². The Labute approximate surface area is 83.1 Å². The molecule has 4 heteroatoms. The minimum absolute atomic E-state index is 0.323. The molecule has 2 rings (SSSR count). The Hall–Kier alpha value is -1.03. The van der Waals surface area contributed by atoms with Crippen LogP contribution in [0.15, 0.2) is 35.2 Å². The quantitative estimate of drug-likeness (QED) is 0.756. The highest BCUT2D eigenvalue weighted by molar-refractivity contribution is 9.10. The van der Waals surface area contributed by atoms with Gasteiger partial charge in [-0.3, -0.25) is 0 Å². The molecule has 0 bridgehead atoms. The molecule has 0 amide bonds. The van der Waals surface area contributed by atoms with E-state index >= 15 is 0 Å². The molecular weight excluding hydrogens is 239 g/mol. The van der Waals surface area contributed by atoms with Crippen LogP contribution in [0, 0.1) is 5.82 Å². The van der Waals surface area contributed by atoms with Crippen LogP contribution >= 0.6 is 15.9 Å². The van der Waals surface area contributed by atoms with Crippen molar-refractivity contribution in [3.63, 3.8) is 0 Å². The highest BCUT2D eigenvalue weighted by Gasteiger charge is 2.19. The second-order valence-electron chi connectivity index (χ2n) is 2.52. The molecule has 1 aliphatic rings. The van der Waals surface area contributed by atoms with E-state index in [9.17, 15) is 4.39 Å². The zero-order valence-corrected chi connectivity index (χ0v) is 8.12. The summed E-state index contributed by atoms with van der Waals surface area (Å²) in [7, 11) is 0. The summed E-state index contributed by atoms with van der Waals surface area (Å²) in [4.78, 5) is 0. The lowest BCUT2D eigenvalue weighted by atomic mass is 10.2. The minimum Gasteiger partial charge on any atom is -0.455 e. The molecule has 0 saturated carbocycles. The number of ether oxygens (including phenoxy) is 2. The van der Waals surface area contributed by atoms with Crippen LogP contribution in [0.25, 0.3) is 0 Å². The number of hydrogen-bond acceptors (Lipinski definition) is 2. The van der Waals surface area contributed by atoms with Gasteiger partial charge in [-0.1, -0.05) is 12.1 Å². The molecule has 2 nitrogen and oxygen atoms in total. The molecule has 0 fully saturated rings. The largest absolute Gasteiger partial charge is 0.455 e. The smallest absolute Gasteiger partial charge is 0.267 e. The van der Waals surface area contributed by atoms with Gasteiger partial charge < -0.3 is 9.47 Å². The molecule has 0 saturated heterocycles. The first-order valence-electron chi connectivity index (χ1n) is 3.69. The van der Waals surface area contributed by atoms with Gasteiger partial charge in [-0.05, 0) is 22.0 Å². The number of benzene rings is 1. The number of halogens is 2. The Kier molecular flexibility index (Phi) is 2.22. The maximum atomic E-state index is 13.1. The summed E-state index contributed by atoms with van der Waals surface area (Å²) in [6, 6.07) is 4.72. The molecule has 13 heavy (non-hydrogen) atoms. The molecule has 0 aromatic heterocycles. The summed E-state index contributed by atoms with van der Waals surface area (Å²) in [6.07, 6.45) is 2.33. The van der Waals surface area contributed by atoms with Gasteiger partial charge in [0.1, 0.15) is 18.3 Å². The molecule has 1 aliphatic heterocycles. The first kappa shape index (κ1) is 8.56. The lowest BCUT2D eigenvalue weighted by molar-refractivity contribution is -0.0253. The van der Waals surface area contributed by atoms with Crippen molar-refractivity contribution in [2.75, 3.05) is 0 Å². The third-order valence-corrected chi connectivity index (χ3v) is 2.53. The fourth-order valence-electron chi connectivity index (χ4n) is 1.09. The summed E-state index contributed by atoms with van der Waals surface area (Å²) in [6.45, 7) is 0. The third kappa shape index (κ3) is 1.54. The number of rotatable bonds is 1. The van der Waals surface area contributed by atoms with Crippen LogP contribution in [0.5, 0.6) is 0 Å². The van der Waals surface area contributed by atoms with Crippen LogP contribution in [-0.4, -0.2) is 0 Å². The van der Waals surface area contributed by atoms with E-state index in [-0.39, 0.29) is 5.82 Å². The molecule has 0 radical (unpaired) electrons. The second kappa shape index (κ2) is 3.38. The molecule has 0 unspecified atom stereocenters. The average molecular weight is 245 g/mol. The third-order valence-electron chi connectivity index (χ3n) is 1.70. The Bertz CT molecular complexity index is 343. The zero-order valence-electron chi connectivity index (χ0n) is 6.54.